The van der Waals surface area contributed by atoms with Crippen molar-refractivity contribution in [2.75, 3.05) is 11.9 Å². The lowest BCUT2D eigenvalue weighted by Crippen LogP contribution is -2.21. The molecule has 0 saturated carbocycles. The maximum atomic E-state index is 12.3. The summed E-state index contributed by atoms with van der Waals surface area (Å²) in [4.78, 5) is 16.7. The van der Waals surface area contributed by atoms with Crippen LogP contribution in [-0.2, 0) is 4.79 Å². The number of aromatic nitrogens is 1. The summed E-state index contributed by atoms with van der Waals surface area (Å²) < 4.78 is 5.67. The van der Waals surface area contributed by atoms with E-state index in [4.69, 9.17) is 39.5 Å². The number of hydrogen-bond donors (Lipinski definition) is 1. The number of pyridine rings is 1. The van der Waals surface area contributed by atoms with E-state index in [2.05, 4.69) is 10.3 Å². The average Bonchev–Trinajstić information content (AvgIpc) is 2.58. The molecule has 3 rings (SSSR count). The van der Waals surface area contributed by atoms with E-state index in [9.17, 15) is 4.79 Å². The highest BCUT2D eigenvalue weighted by molar-refractivity contribution is 6.39. The minimum atomic E-state index is -0.331. The number of anilines is 1. The molecule has 134 valence electrons. The Morgan fingerprint density at radius 1 is 1.08 bits per heavy atom. The van der Waals surface area contributed by atoms with Crippen LogP contribution < -0.4 is 10.1 Å². The Hall–Kier alpha value is -2.01. The third kappa shape index (κ3) is 3.88. The van der Waals surface area contributed by atoms with Crippen LogP contribution in [0.5, 0.6) is 5.75 Å². The maximum Gasteiger partial charge on any atom is 0.262 e. The highest BCUT2D eigenvalue weighted by Gasteiger charge is 2.15. The second-order valence-corrected chi connectivity index (χ2v) is 6.99. The highest BCUT2D eigenvalue weighted by atomic mass is 35.5. The number of carbonyl (C=O) groups excluding carboxylic acids is 1. The van der Waals surface area contributed by atoms with Crippen molar-refractivity contribution >= 4 is 57.3 Å². The molecule has 0 spiro atoms. The standard InChI is InChI=1S/C19H15Cl3N2O2/c1-10-6-7-12-14(21)8-15(22)19(18(12)23-10)26-9-17(25)24-16-5-3-4-13(20)11(16)2/h3-8H,9H2,1-2H3,(H,24,25). The Balaban J connectivity index is 1.82. The second kappa shape index (κ2) is 7.70. The van der Waals surface area contributed by atoms with E-state index in [-0.39, 0.29) is 12.5 Å². The van der Waals surface area contributed by atoms with Gasteiger partial charge in [-0.3, -0.25) is 4.79 Å². The molecule has 1 heterocycles. The molecule has 1 N–H and O–H groups in total. The van der Waals surface area contributed by atoms with Gasteiger partial charge in [-0.2, -0.15) is 0 Å². The van der Waals surface area contributed by atoms with E-state index in [1.54, 1.807) is 24.3 Å². The van der Waals surface area contributed by atoms with Crippen molar-refractivity contribution in [2.24, 2.45) is 0 Å². The molecule has 0 radical (unpaired) electrons. The van der Waals surface area contributed by atoms with Gasteiger partial charge in [0, 0.05) is 21.8 Å². The predicted molar refractivity (Wildman–Crippen MR) is 107 cm³/mol. The smallest absolute Gasteiger partial charge is 0.262 e. The number of aryl methyl sites for hydroxylation is 1. The van der Waals surface area contributed by atoms with Crippen LogP contribution >= 0.6 is 34.8 Å². The molecule has 1 aromatic heterocycles. The van der Waals surface area contributed by atoms with Gasteiger partial charge >= 0.3 is 0 Å². The van der Waals surface area contributed by atoms with E-state index >= 15 is 0 Å². The van der Waals surface area contributed by atoms with Crippen LogP contribution in [0.3, 0.4) is 0 Å². The lowest BCUT2D eigenvalue weighted by atomic mass is 10.2. The number of amides is 1. The molecule has 0 fully saturated rings. The first kappa shape index (κ1) is 18.8. The number of benzene rings is 2. The van der Waals surface area contributed by atoms with Gasteiger partial charge in [0.2, 0.25) is 0 Å². The number of halogens is 3. The fourth-order valence-electron chi connectivity index (χ4n) is 2.49. The zero-order valence-corrected chi connectivity index (χ0v) is 16.3. The number of hydrogen-bond acceptors (Lipinski definition) is 3. The molecule has 3 aromatic rings. The van der Waals surface area contributed by atoms with E-state index in [1.165, 1.54) is 0 Å². The lowest BCUT2D eigenvalue weighted by Gasteiger charge is -2.13. The summed E-state index contributed by atoms with van der Waals surface area (Å²) in [7, 11) is 0. The van der Waals surface area contributed by atoms with Gasteiger partial charge in [0.1, 0.15) is 5.52 Å². The number of ether oxygens (including phenoxy) is 1. The third-order valence-corrected chi connectivity index (χ3v) is 4.87. The first-order valence-electron chi connectivity index (χ1n) is 7.80. The summed E-state index contributed by atoms with van der Waals surface area (Å²) in [5.74, 6) is -0.00470. The van der Waals surface area contributed by atoms with Crippen molar-refractivity contribution in [2.45, 2.75) is 13.8 Å². The Morgan fingerprint density at radius 2 is 1.85 bits per heavy atom. The summed E-state index contributed by atoms with van der Waals surface area (Å²) in [6.45, 7) is 3.46. The second-order valence-electron chi connectivity index (χ2n) is 5.77. The largest absolute Gasteiger partial charge is 0.480 e. The Kier molecular flexibility index (Phi) is 5.56. The van der Waals surface area contributed by atoms with Crippen LogP contribution in [0.4, 0.5) is 5.69 Å². The molecule has 0 atom stereocenters. The summed E-state index contributed by atoms with van der Waals surface area (Å²) in [6.07, 6.45) is 0. The quantitative estimate of drug-likeness (QED) is 0.590. The molecule has 0 aliphatic heterocycles. The lowest BCUT2D eigenvalue weighted by molar-refractivity contribution is -0.118. The number of carbonyl (C=O) groups is 1. The van der Waals surface area contributed by atoms with Crippen LogP contribution in [0, 0.1) is 13.8 Å². The molecule has 26 heavy (non-hydrogen) atoms. The molecule has 0 bridgehead atoms. The van der Waals surface area contributed by atoms with Crippen LogP contribution in [0.2, 0.25) is 15.1 Å². The third-order valence-electron chi connectivity index (χ3n) is 3.87. The molecule has 0 saturated heterocycles. The van der Waals surface area contributed by atoms with E-state index in [1.807, 2.05) is 26.0 Å². The molecule has 0 aliphatic rings. The summed E-state index contributed by atoms with van der Waals surface area (Å²) >= 11 is 18.5. The fourth-order valence-corrected chi connectivity index (χ4v) is 3.24. The van der Waals surface area contributed by atoms with E-state index in [0.717, 1.165) is 11.3 Å². The maximum absolute atomic E-state index is 12.3. The first-order valence-corrected chi connectivity index (χ1v) is 8.93. The van der Waals surface area contributed by atoms with Gasteiger partial charge in [0.05, 0.1) is 10.0 Å². The normalized spacial score (nSPS) is 10.8. The van der Waals surface area contributed by atoms with Crippen LogP contribution in [0.25, 0.3) is 10.9 Å². The van der Waals surface area contributed by atoms with E-state index in [0.29, 0.717) is 37.4 Å². The predicted octanol–water partition coefficient (Wildman–Crippen LogP) is 5.83. The van der Waals surface area contributed by atoms with Crippen molar-refractivity contribution < 1.29 is 9.53 Å². The van der Waals surface area contributed by atoms with Gasteiger partial charge in [0.25, 0.3) is 5.91 Å². The van der Waals surface area contributed by atoms with Gasteiger partial charge in [0.15, 0.2) is 12.4 Å². The van der Waals surface area contributed by atoms with Crippen molar-refractivity contribution in [3.05, 3.63) is 62.7 Å². The van der Waals surface area contributed by atoms with Crippen LogP contribution in [0.1, 0.15) is 11.3 Å². The Bertz CT molecular complexity index is 1010. The van der Waals surface area contributed by atoms with Crippen molar-refractivity contribution in [1.29, 1.82) is 0 Å². The zero-order valence-electron chi connectivity index (χ0n) is 14.1. The Labute approximate surface area is 166 Å². The minimum absolute atomic E-state index is 0.224. The van der Waals surface area contributed by atoms with Gasteiger partial charge < -0.3 is 10.1 Å². The number of rotatable bonds is 4. The fraction of sp³-hybridized carbons (Fsp3) is 0.158. The van der Waals surface area contributed by atoms with Crippen molar-refractivity contribution in [3.8, 4) is 5.75 Å². The molecule has 1 amide bonds. The highest BCUT2D eigenvalue weighted by Crippen LogP contribution is 2.37. The number of nitrogens with zero attached hydrogens (tertiary/aromatic N) is 1. The monoisotopic (exact) mass is 408 g/mol. The molecular formula is C19H15Cl3N2O2. The molecular weight excluding hydrogens is 395 g/mol. The van der Waals surface area contributed by atoms with Crippen LogP contribution in [-0.4, -0.2) is 17.5 Å². The van der Waals surface area contributed by atoms with Gasteiger partial charge in [-0.25, -0.2) is 4.98 Å². The number of fused-ring (bicyclic) bond motifs is 1. The van der Waals surface area contributed by atoms with Gasteiger partial charge in [-0.1, -0.05) is 40.9 Å². The zero-order chi connectivity index (χ0) is 18.8. The molecule has 0 aliphatic carbocycles. The van der Waals surface area contributed by atoms with E-state index < -0.39 is 0 Å². The van der Waals surface area contributed by atoms with Crippen LogP contribution in [0.15, 0.2) is 36.4 Å². The topological polar surface area (TPSA) is 51.2 Å². The molecule has 0 unspecified atom stereocenters. The number of nitrogens with one attached hydrogen (secondary N) is 1. The first-order chi connectivity index (χ1) is 12.4. The summed E-state index contributed by atoms with van der Waals surface area (Å²) in [6, 6.07) is 10.6. The van der Waals surface area contributed by atoms with Gasteiger partial charge in [-0.15, -0.1) is 0 Å². The Morgan fingerprint density at radius 3 is 2.62 bits per heavy atom. The van der Waals surface area contributed by atoms with Gasteiger partial charge in [-0.05, 0) is 49.7 Å². The van der Waals surface area contributed by atoms with Crippen molar-refractivity contribution in [1.82, 2.24) is 4.98 Å². The molecule has 7 heteroatoms. The molecule has 2 aromatic carbocycles. The summed E-state index contributed by atoms with van der Waals surface area (Å²) in [5.41, 5.74) is 2.73. The minimum Gasteiger partial charge on any atom is -0.480 e. The molecule has 4 nitrogen and oxygen atoms in total. The SMILES string of the molecule is Cc1ccc2c(Cl)cc(Cl)c(OCC(=O)Nc3cccc(Cl)c3C)c2n1. The summed E-state index contributed by atoms with van der Waals surface area (Å²) in [5, 5.41) is 4.84. The average molecular weight is 410 g/mol. The van der Waals surface area contributed by atoms with Crippen molar-refractivity contribution in [3.63, 3.8) is 0 Å².